The van der Waals surface area contributed by atoms with Crippen LogP contribution in [0.25, 0.3) is 0 Å². The molecule has 176 valence electrons. The fourth-order valence-electron chi connectivity index (χ4n) is 3.86. The maximum absolute atomic E-state index is 13.5. The van der Waals surface area contributed by atoms with Crippen LogP contribution in [0.15, 0.2) is 77.7 Å². The van der Waals surface area contributed by atoms with E-state index in [1.807, 2.05) is 0 Å². The molecule has 1 fully saturated rings. The van der Waals surface area contributed by atoms with Gasteiger partial charge in [0, 0.05) is 29.4 Å². The summed E-state index contributed by atoms with van der Waals surface area (Å²) in [5.74, 6) is -0.431. The Hall–Kier alpha value is -3.36. The molecule has 1 aliphatic rings. The van der Waals surface area contributed by atoms with Gasteiger partial charge in [-0.25, -0.2) is 8.42 Å². The van der Waals surface area contributed by atoms with Crippen molar-refractivity contribution in [3.05, 3.63) is 83.4 Å². The minimum Gasteiger partial charge on any atom is -0.325 e. The second-order valence-corrected chi connectivity index (χ2v) is 10.2. The minimum absolute atomic E-state index is 0.0711. The van der Waals surface area contributed by atoms with Crippen LogP contribution in [0.1, 0.15) is 18.4 Å². The molecule has 0 unspecified atom stereocenters. The average Bonchev–Trinajstić information content (AvgIpc) is 3.26. The number of hydrogen-bond acceptors (Lipinski definition) is 4. The normalized spacial score (nSPS) is 13.7. The number of hydrogen-bond donors (Lipinski definition) is 1. The van der Waals surface area contributed by atoms with Crippen LogP contribution in [0.4, 0.5) is 17.1 Å². The summed E-state index contributed by atoms with van der Waals surface area (Å²) in [6.45, 7) is 1.95. The van der Waals surface area contributed by atoms with Gasteiger partial charge in [-0.3, -0.25) is 13.9 Å². The molecule has 3 aromatic carbocycles. The number of benzene rings is 3. The molecule has 0 aliphatic carbocycles. The highest BCUT2D eigenvalue weighted by molar-refractivity contribution is 7.92. The van der Waals surface area contributed by atoms with Gasteiger partial charge in [-0.1, -0.05) is 35.9 Å². The van der Waals surface area contributed by atoms with Crippen LogP contribution < -0.4 is 14.5 Å². The van der Waals surface area contributed by atoms with E-state index in [0.29, 0.717) is 34.9 Å². The number of nitrogens with one attached hydrogen (secondary N) is 1. The van der Waals surface area contributed by atoms with Crippen LogP contribution in [0.5, 0.6) is 0 Å². The van der Waals surface area contributed by atoms with Crippen molar-refractivity contribution in [2.45, 2.75) is 24.7 Å². The number of rotatable bonds is 7. The molecule has 7 nitrogen and oxygen atoms in total. The number of nitrogens with zero attached hydrogens (tertiary/aromatic N) is 2. The first-order chi connectivity index (χ1) is 16.3. The maximum Gasteiger partial charge on any atom is 0.264 e. The predicted octanol–water partition coefficient (Wildman–Crippen LogP) is 4.61. The Balaban J connectivity index is 1.58. The van der Waals surface area contributed by atoms with Gasteiger partial charge in [0.1, 0.15) is 6.54 Å². The highest BCUT2D eigenvalue weighted by Crippen LogP contribution is 2.31. The van der Waals surface area contributed by atoms with Gasteiger partial charge in [-0.2, -0.15) is 0 Å². The summed E-state index contributed by atoms with van der Waals surface area (Å²) in [6, 6.07) is 19.8. The van der Waals surface area contributed by atoms with Gasteiger partial charge in [0.15, 0.2) is 0 Å². The maximum atomic E-state index is 13.5. The Morgan fingerprint density at radius 2 is 1.74 bits per heavy atom. The van der Waals surface area contributed by atoms with Crippen molar-refractivity contribution in [3.8, 4) is 0 Å². The van der Waals surface area contributed by atoms with Gasteiger partial charge in [-0.15, -0.1) is 0 Å². The monoisotopic (exact) mass is 497 g/mol. The predicted molar refractivity (Wildman–Crippen MR) is 134 cm³/mol. The highest BCUT2D eigenvalue weighted by Gasteiger charge is 2.29. The third kappa shape index (κ3) is 4.93. The molecule has 0 aromatic heterocycles. The van der Waals surface area contributed by atoms with E-state index in [4.69, 9.17) is 11.6 Å². The zero-order chi connectivity index (χ0) is 24.3. The molecule has 1 saturated heterocycles. The van der Waals surface area contributed by atoms with Crippen molar-refractivity contribution in [1.29, 1.82) is 0 Å². The van der Waals surface area contributed by atoms with E-state index < -0.39 is 22.5 Å². The number of anilines is 3. The van der Waals surface area contributed by atoms with Gasteiger partial charge < -0.3 is 10.2 Å². The van der Waals surface area contributed by atoms with E-state index in [-0.39, 0.29) is 10.8 Å². The van der Waals surface area contributed by atoms with Gasteiger partial charge in [-0.05, 0) is 67.4 Å². The number of halogens is 1. The van der Waals surface area contributed by atoms with E-state index in [9.17, 15) is 18.0 Å². The van der Waals surface area contributed by atoms with Crippen LogP contribution in [0, 0.1) is 6.92 Å². The van der Waals surface area contributed by atoms with E-state index in [1.165, 1.54) is 12.1 Å². The van der Waals surface area contributed by atoms with Crippen molar-refractivity contribution in [2.24, 2.45) is 0 Å². The summed E-state index contributed by atoms with van der Waals surface area (Å²) in [5, 5.41) is 3.15. The van der Waals surface area contributed by atoms with Crippen LogP contribution in [0.3, 0.4) is 0 Å². The summed E-state index contributed by atoms with van der Waals surface area (Å²) in [5.41, 5.74) is 2.15. The molecule has 1 N–H and O–H groups in total. The molecule has 0 atom stereocenters. The smallest absolute Gasteiger partial charge is 0.264 e. The summed E-state index contributed by atoms with van der Waals surface area (Å²) in [4.78, 5) is 26.7. The van der Waals surface area contributed by atoms with Crippen molar-refractivity contribution < 1.29 is 18.0 Å². The number of carbonyl (C=O) groups is 2. The Morgan fingerprint density at radius 3 is 2.38 bits per heavy atom. The molecule has 0 radical (unpaired) electrons. The van der Waals surface area contributed by atoms with E-state index in [2.05, 4.69) is 5.32 Å². The Bertz CT molecular complexity index is 1310. The molecule has 1 aliphatic heterocycles. The van der Waals surface area contributed by atoms with Crippen molar-refractivity contribution in [1.82, 2.24) is 0 Å². The third-order valence-corrected chi connectivity index (χ3v) is 7.85. The van der Waals surface area contributed by atoms with Crippen LogP contribution in [-0.2, 0) is 19.6 Å². The van der Waals surface area contributed by atoms with Crippen molar-refractivity contribution >= 4 is 50.5 Å². The first kappa shape index (κ1) is 23.8. The zero-order valence-electron chi connectivity index (χ0n) is 18.6. The quantitative estimate of drug-likeness (QED) is 0.516. The second kappa shape index (κ2) is 9.87. The molecule has 0 saturated carbocycles. The molecule has 4 rings (SSSR count). The lowest BCUT2D eigenvalue weighted by atomic mass is 10.2. The number of carbonyl (C=O) groups excluding carboxylic acids is 2. The third-order valence-electron chi connectivity index (χ3n) is 5.66. The Morgan fingerprint density at radius 1 is 1.03 bits per heavy atom. The minimum atomic E-state index is -4.03. The van der Waals surface area contributed by atoms with E-state index in [1.54, 1.807) is 72.5 Å². The van der Waals surface area contributed by atoms with Gasteiger partial charge in [0.2, 0.25) is 11.8 Å². The van der Waals surface area contributed by atoms with Crippen LogP contribution >= 0.6 is 11.6 Å². The molecule has 0 spiro atoms. The molecular weight excluding hydrogens is 474 g/mol. The number of sulfonamides is 1. The molecule has 2 amide bonds. The lowest BCUT2D eigenvalue weighted by Gasteiger charge is -2.26. The molecule has 3 aromatic rings. The SMILES string of the molecule is Cc1c(Cl)cccc1N(CC(=O)Nc1ccc(N2CCCC2=O)cc1)S(=O)(=O)c1ccccc1. The first-order valence-electron chi connectivity index (χ1n) is 10.8. The first-order valence-corrected chi connectivity index (χ1v) is 12.6. The Kier molecular flexibility index (Phi) is 6.90. The fraction of sp³-hybridized carbons (Fsp3) is 0.200. The van der Waals surface area contributed by atoms with Gasteiger partial charge in [0.25, 0.3) is 10.0 Å². The molecule has 34 heavy (non-hydrogen) atoms. The summed E-state index contributed by atoms with van der Waals surface area (Å²) in [6.07, 6.45) is 1.36. The number of amides is 2. The van der Waals surface area contributed by atoms with E-state index >= 15 is 0 Å². The van der Waals surface area contributed by atoms with Gasteiger partial charge in [0.05, 0.1) is 10.6 Å². The molecular formula is C25H24ClN3O4S. The summed E-state index contributed by atoms with van der Waals surface area (Å²) < 4.78 is 28.0. The van der Waals surface area contributed by atoms with Crippen molar-refractivity contribution in [3.63, 3.8) is 0 Å². The second-order valence-electron chi connectivity index (χ2n) is 7.95. The summed E-state index contributed by atoms with van der Waals surface area (Å²) >= 11 is 6.25. The lowest BCUT2D eigenvalue weighted by Crippen LogP contribution is -2.38. The fourth-order valence-corrected chi connectivity index (χ4v) is 5.53. The summed E-state index contributed by atoms with van der Waals surface area (Å²) in [7, 11) is -4.03. The standard InChI is InChI=1S/C25H24ClN3O4S/c1-18-22(26)9-5-10-23(18)29(34(32,33)21-7-3-2-4-8-21)17-24(30)27-19-12-14-20(15-13-19)28-16-6-11-25(28)31/h2-5,7-10,12-15H,6,11,16-17H2,1H3,(H,27,30). The highest BCUT2D eigenvalue weighted by atomic mass is 35.5. The Labute approximate surface area is 204 Å². The molecule has 9 heteroatoms. The molecule has 1 heterocycles. The topological polar surface area (TPSA) is 86.8 Å². The largest absolute Gasteiger partial charge is 0.325 e. The molecule has 0 bridgehead atoms. The average molecular weight is 498 g/mol. The van der Waals surface area contributed by atoms with Gasteiger partial charge >= 0.3 is 0 Å². The van der Waals surface area contributed by atoms with Crippen LogP contribution in [0.2, 0.25) is 5.02 Å². The lowest BCUT2D eigenvalue weighted by molar-refractivity contribution is -0.117. The van der Waals surface area contributed by atoms with Crippen molar-refractivity contribution in [2.75, 3.05) is 27.6 Å². The zero-order valence-corrected chi connectivity index (χ0v) is 20.1. The van der Waals surface area contributed by atoms with Crippen LogP contribution in [-0.4, -0.2) is 33.3 Å². The van der Waals surface area contributed by atoms with E-state index in [0.717, 1.165) is 16.4 Å².